The SMILES string of the molecule is CCC(CSC)N(C)C(=O)CSCC(=O)O. The van der Waals surface area contributed by atoms with E-state index in [-0.39, 0.29) is 23.5 Å². The van der Waals surface area contributed by atoms with E-state index in [9.17, 15) is 9.59 Å². The Bertz CT molecular complexity index is 236. The van der Waals surface area contributed by atoms with Gasteiger partial charge in [0.1, 0.15) is 0 Å². The first-order valence-electron chi connectivity index (χ1n) is 5.07. The molecule has 0 aliphatic rings. The van der Waals surface area contributed by atoms with Gasteiger partial charge in [-0.1, -0.05) is 6.92 Å². The number of rotatable bonds is 8. The second kappa shape index (κ2) is 8.75. The predicted molar refractivity (Wildman–Crippen MR) is 70.2 cm³/mol. The molecule has 0 radical (unpaired) electrons. The molecule has 0 saturated carbocycles. The van der Waals surface area contributed by atoms with Crippen molar-refractivity contribution in [3.05, 3.63) is 0 Å². The number of hydrogen-bond donors (Lipinski definition) is 1. The van der Waals surface area contributed by atoms with Gasteiger partial charge in [-0.25, -0.2) is 0 Å². The third kappa shape index (κ3) is 6.27. The first kappa shape index (κ1) is 15.6. The van der Waals surface area contributed by atoms with Crippen LogP contribution in [0.4, 0.5) is 0 Å². The number of carbonyl (C=O) groups excluding carboxylic acids is 1. The molecule has 0 rings (SSSR count). The average Bonchev–Trinajstić information content (AvgIpc) is 2.24. The van der Waals surface area contributed by atoms with Gasteiger partial charge in [-0.3, -0.25) is 9.59 Å². The van der Waals surface area contributed by atoms with Crippen molar-refractivity contribution in [1.29, 1.82) is 0 Å². The minimum absolute atomic E-state index is 0.00662. The maximum atomic E-state index is 11.7. The number of carboxylic acid groups (broad SMARTS) is 1. The van der Waals surface area contributed by atoms with Gasteiger partial charge >= 0.3 is 5.97 Å². The molecular formula is C10H19NO3S2. The molecule has 0 aliphatic carbocycles. The first-order chi connectivity index (χ1) is 7.52. The van der Waals surface area contributed by atoms with Gasteiger partial charge in [-0.05, 0) is 12.7 Å². The summed E-state index contributed by atoms with van der Waals surface area (Å²) in [5.41, 5.74) is 0. The van der Waals surface area contributed by atoms with Gasteiger partial charge in [-0.15, -0.1) is 11.8 Å². The molecule has 0 fully saturated rings. The summed E-state index contributed by atoms with van der Waals surface area (Å²) in [6.07, 6.45) is 2.94. The van der Waals surface area contributed by atoms with Crippen molar-refractivity contribution in [3.63, 3.8) is 0 Å². The lowest BCUT2D eigenvalue weighted by atomic mass is 10.2. The van der Waals surface area contributed by atoms with E-state index in [0.29, 0.717) is 0 Å². The Kier molecular flexibility index (Phi) is 8.56. The van der Waals surface area contributed by atoms with Gasteiger partial charge in [0.15, 0.2) is 0 Å². The maximum absolute atomic E-state index is 11.7. The van der Waals surface area contributed by atoms with Crippen LogP contribution in [0.5, 0.6) is 0 Å². The van der Waals surface area contributed by atoms with Crippen molar-refractivity contribution >= 4 is 35.4 Å². The van der Waals surface area contributed by atoms with Gasteiger partial charge in [0, 0.05) is 18.8 Å². The van der Waals surface area contributed by atoms with Crippen LogP contribution in [-0.2, 0) is 9.59 Å². The second-order valence-corrected chi connectivity index (χ2v) is 5.30. The third-order valence-corrected chi connectivity index (χ3v) is 3.84. The second-order valence-electron chi connectivity index (χ2n) is 3.41. The van der Waals surface area contributed by atoms with Crippen molar-refractivity contribution in [2.75, 3.05) is 30.6 Å². The first-order valence-corrected chi connectivity index (χ1v) is 7.61. The molecule has 0 aromatic rings. The van der Waals surface area contributed by atoms with Gasteiger partial charge < -0.3 is 10.0 Å². The van der Waals surface area contributed by atoms with Crippen LogP contribution < -0.4 is 0 Å². The monoisotopic (exact) mass is 265 g/mol. The standard InChI is InChI=1S/C10H19NO3S2/c1-4-8(5-15-3)11(2)9(12)6-16-7-10(13)14/h8H,4-7H2,1-3H3,(H,13,14). The lowest BCUT2D eigenvalue weighted by Gasteiger charge is -2.26. The van der Waals surface area contributed by atoms with E-state index in [1.54, 1.807) is 23.7 Å². The summed E-state index contributed by atoms with van der Waals surface area (Å²) in [5, 5.41) is 8.46. The number of nitrogens with zero attached hydrogens (tertiary/aromatic N) is 1. The average molecular weight is 265 g/mol. The van der Waals surface area contributed by atoms with Crippen LogP contribution in [-0.4, -0.2) is 58.5 Å². The normalized spacial score (nSPS) is 12.2. The van der Waals surface area contributed by atoms with E-state index in [1.807, 2.05) is 6.26 Å². The number of carbonyl (C=O) groups is 2. The summed E-state index contributed by atoms with van der Waals surface area (Å²) in [4.78, 5) is 23.7. The third-order valence-electron chi connectivity index (χ3n) is 2.22. The maximum Gasteiger partial charge on any atom is 0.313 e. The molecule has 0 spiro atoms. The fourth-order valence-corrected chi connectivity index (χ4v) is 2.73. The van der Waals surface area contributed by atoms with Crippen LogP contribution in [0.3, 0.4) is 0 Å². The fourth-order valence-electron chi connectivity index (χ4n) is 1.23. The van der Waals surface area contributed by atoms with E-state index >= 15 is 0 Å². The zero-order chi connectivity index (χ0) is 12.6. The van der Waals surface area contributed by atoms with E-state index in [2.05, 4.69) is 6.92 Å². The summed E-state index contributed by atoms with van der Waals surface area (Å²) >= 11 is 2.86. The van der Waals surface area contributed by atoms with Crippen LogP contribution in [0, 0.1) is 0 Å². The van der Waals surface area contributed by atoms with Crippen molar-refractivity contribution in [2.24, 2.45) is 0 Å². The van der Waals surface area contributed by atoms with Crippen LogP contribution in [0.15, 0.2) is 0 Å². The van der Waals surface area contributed by atoms with Gasteiger partial charge in [-0.2, -0.15) is 11.8 Å². The van der Waals surface area contributed by atoms with Crippen molar-refractivity contribution in [1.82, 2.24) is 4.90 Å². The molecule has 1 unspecified atom stereocenters. The quantitative estimate of drug-likeness (QED) is 0.719. The molecule has 16 heavy (non-hydrogen) atoms. The number of aliphatic carboxylic acids is 1. The molecule has 1 amide bonds. The molecule has 0 aliphatic heterocycles. The van der Waals surface area contributed by atoms with E-state index in [1.165, 1.54) is 0 Å². The molecule has 1 atom stereocenters. The Balaban J connectivity index is 4.00. The van der Waals surface area contributed by atoms with Gasteiger partial charge in [0.2, 0.25) is 5.91 Å². The van der Waals surface area contributed by atoms with Crippen molar-refractivity contribution in [2.45, 2.75) is 19.4 Å². The topological polar surface area (TPSA) is 57.6 Å². The minimum Gasteiger partial charge on any atom is -0.481 e. The number of thioether (sulfide) groups is 2. The van der Waals surface area contributed by atoms with E-state index in [0.717, 1.165) is 23.9 Å². The smallest absolute Gasteiger partial charge is 0.313 e. The molecule has 0 aromatic carbocycles. The molecular weight excluding hydrogens is 246 g/mol. The molecule has 0 bridgehead atoms. The Morgan fingerprint density at radius 2 is 2.00 bits per heavy atom. The zero-order valence-corrected chi connectivity index (χ0v) is 11.6. The van der Waals surface area contributed by atoms with E-state index in [4.69, 9.17) is 5.11 Å². The number of amides is 1. The summed E-state index contributed by atoms with van der Waals surface area (Å²) < 4.78 is 0. The highest BCUT2D eigenvalue weighted by Crippen LogP contribution is 2.10. The summed E-state index contributed by atoms with van der Waals surface area (Å²) in [6, 6.07) is 0.243. The van der Waals surface area contributed by atoms with E-state index < -0.39 is 5.97 Å². The van der Waals surface area contributed by atoms with Gasteiger partial charge in [0.25, 0.3) is 0 Å². The summed E-state index contributed by atoms with van der Waals surface area (Å²) in [5.74, 6) is 0.276. The lowest BCUT2D eigenvalue weighted by molar-refractivity contribution is -0.133. The highest BCUT2D eigenvalue weighted by atomic mass is 32.2. The Hall–Kier alpha value is -0.360. The van der Waals surface area contributed by atoms with Crippen LogP contribution in [0.2, 0.25) is 0 Å². The summed E-state index contributed by atoms with van der Waals surface area (Å²) in [7, 11) is 1.79. The number of carboxylic acids is 1. The largest absolute Gasteiger partial charge is 0.481 e. The summed E-state index contributed by atoms with van der Waals surface area (Å²) in [6.45, 7) is 2.05. The zero-order valence-electron chi connectivity index (χ0n) is 9.93. The predicted octanol–water partition coefficient (Wildman–Crippen LogP) is 1.40. The van der Waals surface area contributed by atoms with Crippen LogP contribution in [0.25, 0.3) is 0 Å². The minimum atomic E-state index is -0.878. The van der Waals surface area contributed by atoms with Crippen molar-refractivity contribution < 1.29 is 14.7 Å². The molecule has 4 nitrogen and oxygen atoms in total. The Labute approximate surface area is 105 Å². The van der Waals surface area contributed by atoms with Crippen LogP contribution in [0.1, 0.15) is 13.3 Å². The highest BCUT2D eigenvalue weighted by Gasteiger charge is 2.17. The van der Waals surface area contributed by atoms with Crippen molar-refractivity contribution in [3.8, 4) is 0 Å². The molecule has 0 heterocycles. The van der Waals surface area contributed by atoms with Crippen LogP contribution >= 0.6 is 23.5 Å². The molecule has 94 valence electrons. The molecule has 6 heteroatoms. The molecule has 1 N–H and O–H groups in total. The van der Waals surface area contributed by atoms with Gasteiger partial charge in [0.05, 0.1) is 11.5 Å². The highest BCUT2D eigenvalue weighted by molar-refractivity contribution is 8.00. The number of hydrogen-bond acceptors (Lipinski definition) is 4. The Morgan fingerprint density at radius 3 is 2.44 bits per heavy atom. The molecule has 0 saturated heterocycles. The molecule has 0 aromatic heterocycles. The fraction of sp³-hybridized carbons (Fsp3) is 0.800. The Morgan fingerprint density at radius 1 is 1.38 bits per heavy atom. The lowest BCUT2D eigenvalue weighted by Crippen LogP contribution is -2.39.